The molecule has 0 amide bonds. The summed E-state index contributed by atoms with van der Waals surface area (Å²) in [6.45, 7) is 18.3. The molecule has 86 valence electrons. The molecule has 1 aromatic carbocycles. The molecule has 0 radical (unpaired) electrons. The number of rotatable bonds is 2. The third kappa shape index (κ3) is 1.78. The topological polar surface area (TPSA) is 26.0 Å². The highest BCUT2D eigenvalue weighted by Gasteiger charge is 2.15. The number of benzene rings is 1. The first-order valence-electron chi connectivity index (χ1n) is 5.50. The van der Waals surface area contributed by atoms with Gasteiger partial charge in [-0.1, -0.05) is 24.3 Å². The van der Waals surface area contributed by atoms with Gasteiger partial charge < -0.3 is 5.73 Å². The second-order valence-corrected chi connectivity index (χ2v) is 4.60. The smallest absolute Gasteiger partial charge is 0.0385 e. The lowest BCUT2D eigenvalue weighted by Gasteiger charge is -2.20. The molecule has 0 fully saturated rings. The normalized spacial score (nSPS) is 10.3. The van der Waals surface area contributed by atoms with Crippen LogP contribution >= 0.6 is 0 Å². The van der Waals surface area contributed by atoms with Crippen LogP contribution in [0.3, 0.4) is 0 Å². The molecule has 0 aliphatic carbocycles. The molecule has 0 aliphatic rings. The number of hydrogen-bond acceptors (Lipinski definition) is 1. The molecule has 0 saturated carbocycles. The van der Waals surface area contributed by atoms with E-state index in [0.717, 1.165) is 28.0 Å². The predicted molar refractivity (Wildman–Crippen MR) is 74.5 cm³/mol. The maximum absolute atomic E-state index is 6.15. The van der Waals surface area contributed by atoms with Crippen LogP contribution in [0.1, 0.15) is 41.7 Å². The first-order chi connectivity index (χ1) is 7.29. The van der Waals surface area contributed by atoms with Crippen LogP contribution in [0.5, 0.6) is 0 Å². The van der Waals surface area contributed by atoms with Crippen LogP contribution in [0.2, 0.25) is 0 Å². The van der Waals surface area contributed by atoms with E-state index in [1.54, 1.807) is 0 Å². The minimum Gasteiger partial charge on any atom is -0.398 e. The third-order valence-electron chi connectivity index (χ3n) is 3.16. The first-order valence-corrected chi connectivity index (χ1v) is 5.50. The van der Waals surface area contributed by atoms with Gasteiger partial charge in [0.05, 0.1) is 0 Å². The van der Waals surface area contributed by atoms with Crippen molar-refractivity contribution < 1.29 is 0 Å². The first kappa shape index (κ1) is 12.6. The SMILES string of the molecule is C=C(C)c1c(C)c(N)c(C)c(C(=C)C)c1C. The van der Waals surface area contributed by atoms with Crippen molar-refractivity contribution in [3.8, 4) is 0 Å². The van der Waals surface area contributed by atoms with Crippen molar-refractivity contribution in [3.63, 3.8) is 0 Å². The van der Waals surface area contributed by atoms with E-state index < -0.39 is 0 Å². The molecular weight excluding hydrogens is 194 g/mol. The third-order valence-corrected chi connectivity index (χ3v) is 3.16. The number of anilines is 1. The fraction of sp³-hybridized carbons (Fsp3) is 0.333. The zero-order chi connectivity index (χ0) is 12.6. The summed E-state index contributed by atoms with van der Waals surface area (Å²) in [6, 6.07) is 0. The van der Waals surface area contributed by atoms with Gasteiger partial charge in [0.15, 0.2) is 0 Å². The highest BCUT2D eigenvalue weighted by atomic mass is 14.6. The van der Waals surface area contributed by atoms with Crippen LogP contribution < -0.4 is 5.73 Å². The predicted octanol–water partition coefficient (Wildman–Crippen LogP) is 4.26. The molecule has 1 rings (SSSR count). The Morgan fingerprint density at radius 3 is 1.38 bits per heavy atom. The molecule has 16 heavy (non-hydrogen) atoms. The van der Waals surface area contributed by atoms with Crippen LogP contribution in [-0.4, -0.2) is 0 Å². The van der Waals surface area contributed by atoms with E-state index in [0.29, 0.717) is 0 Å². The molecule has 0 spiro atoms. The second-order valence-electron chi connectivity index (χ2n) is 4.60. The molecule has 0 atom stereocenters. The number of nitrogens with two attached hydrogens (primary N) is 1. The molecule has 0 unspecified atom stereocenters. The van der Waals surface area contributed by atoms with Gasteiger partial charge in [-0.05, 0) is 62.4 Å². The monoisotopic (exact) mass is 215 g/mol. The summed E-state index contributed by atoms with van der Waals surface area (Å²) in [6.07, 6.45) is 0. The van der Waals surface area contributed by atoms with Crippen LogP contribution in [-0.2, 0) is 0 Å². The van der Waals surface area contributed by atoms with E-state index in [4.69, 9.17) is 5.73 Å². The minimum atomic E-state index is 0.863. The van der Waals surface area contributed by atoms with Crippen molar-refractivity contribution in [2.75, 3.05) is 5.73 Å². The number of nitrogen functional groups attached to an aromatic ring is 1. The van der Waals surface area contributed by atoms with E-state index in [2.05, 4.69) is 33.9 Å². The maximum atomic E-state index is 6.15. The summed E-state index contributed by atoms with van der Waals surface area (Å²) in [5, 5.41) is 0. The lowest BCUT2D eigenvalue weighted by Crippen LogP contribution is -2.05. The van der Waals surface area contributed by atoms with Gasteiger partial charge in [0.2, 0.25) is 0 Å². The van der Waals surface area contributed by atoms with Crippen LogP contribution in [0.4, 0.5) is 5.69 Å². The van der Waals surface area contributed by atoms with E-state index >= 15 is 0 Å². The molecule has 0 saturated heterocycles. The fourth-order valence-electron chi connectivity index (χ4n) is 2.52. The summed E-state index contributed by atoms with van der Waals surface area (Å²) in [7, 11) is 0. The van der Waals surface area contributed by atoms with Crippen molar-refractivity contribution >= 4 is 16.8 Å². The van der Waals surface area contributed by atoms with Gasteiger partial charge in [-0.3, -0.25) is 0 Å². The quantitative estimate of drug-likeness (QED) is 0.733. The Labute approximate surface area is 98.7 Å². The van der Waals surface area contributed by atoms with Gasteiger partial charge in [-0.25, -0.2) is 0 Å². The largest absolute Gasteiger partial charge is 0.398 e. The highest BCUT2D eigenvalue weighted by Crippen LogP contribution is 2.35. The van der Waals surface area contributed by atoms with Crippen molar-refractivity contribution in [1.82, 2.24) is 0 Å². The summed E-state index contributed by atoms with van der Waals surface area (Å²) in [5.41, 5.74) is 15.0. The summed E-state index contributed by atoms with van der Waals surface area (Å²) >= 11 is 0. The van der Waals surface area contributed by atoms with E-state index in [1.165, 1.54) is 16.7 Å². The van der Waals surface area contributed by atoms with Gasteiger partial charge in [-0.2, -0.15) is 0 Å². The molecule has 2 N–H and O–H groups in total. The molecule has 0 bridgehead atoms. The summed E-state index contributed by atoms with van der Waals surface area (Å²) < 4.78 is 0. The second kappa shape index (κ2) is 4.17. The van der Waals surface area contributed by atoms with Crippen molar-refractivity contribution in [2.45, 2.75) is 34.6 Å². The Balaban J connectivity index is 3.80. The molecule has 0 aromatic heterocycles. The lowest BCUT2D eigenvalue weighted by molar-refractivity contribution is 1.26. The standard InChI is InChI=1S/C15H21N/c1-8(2)13-10(5)14(9(3)4)12(7)15(16)11(13)6/h1,3,16H2,2,4-7H3. The van der Waals surface area contributed by atoms with E-state index in [-0.39, 0.29) is 0 Å². The minimum absolute atomic E-state index is 0.863. The summed E-state index contributed by atoms with van der Waals surface area (Å²) in [5.74, 6) is 0. The number of hydrogen-bond donors (Lipinski definition) is 1. The van der Waals surface area contributed by atoms with Gasteiger partial charge >= 0.3 is 0 Å². The molecule has 1 heteroatoms. The van der Waals surface area contributed by atoms with Crippen LogP contribution in [0, 0.1) is 20.8 Å². The van der Waals surface area contributed by atoms with Crippen molar-refractivity contribution in [1.29, 1.82) is 0 Å². The zero-order valence-corrected chi connectivity index (χ0v) is 11.0. The Hall–Kier alpha value is -1.50. The summed E-state index contributed by atoms with van der Waals surface area (Å²) in [4.78, 5) is 0. The van der Waals surface area contributed by atoms with Crippen molar-refractivity contribution in [2.24, 2.45) is 0 Å². The molecular formula is C15H21N. The lowest BCUT2D eigenvalue weighted by atomic mass is 9.86. The zero-order valence-electron chi connectivity index (χ0n) is 11.0. The Morgan fingerprint density at radius 2 is 1.12 bits per heavy atom. The Morgan fingerprint density at radius 1 is 0.812 bits per heavy atom. The average molecular weight is 215 g/mol. The van der Waals surface area contributed by atoms with E-state index in [1.807, 2.05) is 13.8 Å². The van der Waals surface area contributed by atoms with Gasteiger partial charge in [-0.15, -0.1) is 0 Å². The Kier molecular flexibility index (Phi) is 3.27. The van der Waals surface area contributed by atoms with Gasteiger partial charge in [0, 0.05) is 5.69 Å². The van der Waals surface area contributed by atoms with Crippen LogP contribution in [0.15, 0.2) is 13.2 Å². The maximum Gasteiger partial charge on any atom is 0.0385 e. The van der Waals surface area contributed by atoms with Gasteiger partial charge in [0.25, 0.3) is 0 Å². The highest BCUT2D eigenvalue weighted by molar-refractivity contribution is 5.82. The Bertz CT molecular complexity index is 438. The van der Waals surface area contributed by atoms with E-state index in [9.17, 15) is 0 Å². The number of allylic oxidation sites excluding steroid dienone is 2. The molecule has 0 aliphatic heterocycles. The molecule has 0 heterocycles. The molecule has 1 aromatic rings. The van der Waals surface area contributed by atoms with Gasteiger partial charge in [0.1, 0.15) is 0 Å². The van der Waals surface area contributed by atoms with Crippen LogP contribution in [0.25, 0.3) is 11.1 Å². The fourth-order valence-corrected chi connectivity index (χ4v) is 2.52. The van der Waals surface area contributed by atoms with Crippen molar-refractivity contribution in [3.05, 3.63) is 41.0 Å². The molecule has 1 nitrogen and oxygen atoms in total. The average Bonchev–Trinajstić information content (AvgIpc) is 2.13.